The van der Waals surface area contributed by atoms with E-state index in [0.29, 0.717) is 9.89 Å². The van der Waals surface area contributed by atoms with Crippen LogP contribution >= 0.6 is 35.7 Å². The van der Waals surface area contributed by atoms with Gasteiger partial charge in [0.15, 0.2) is 0 Å². The molecule has 0 atom stereocenters. The van der Waals surface area contributed by atoms with Crippen LogP contribution in [0.3, 0.4) is 0 Å². The summed E-state index contributed by atoms with van der Waals surface area (Å²) in [7, 11) is 0. The Labute approximate surface area is 244 Å². The van der Waals surface area contributed by atoms with Crippen LogP contribution in [0, 0.1) is 0 Å². The lowest BCUT2D eigenvalue weighted by molar-refractivity contribution is -0.141. The van der Waals surface area contributed by atoms with Crippen LogP contribution in [0.4, 0.5) is 0 Å². The van der Waals surface area contributed by atoms with Crippen LogP contribution in [0.2, 0.25) is 0 Å². The lowest BCUT2D eigenvalue weighted by Gasteiger charge is -2.27. The molecular weight excluding hydrogens is 571 g/mol. The molecule has 0 fully saturated rings. The lowest BCUT2D eigenvalue weighted by Crippen LogP contribution is -2.45. The predicted octanol–water partition coefficient (Wildman–Crippen LogP) is 3.57. The lowest BCUT2D eigenvalue weighted by atomic mass is 10.2. The van der Waals surface area contributed by atoms with E-state index < -0.39 is 23.7 Å². The van der Waals surface area contributed by atoms with Crippen LogP contribution < -0.4 is 0 Å². The van der Waals surface area contributed by atoms with E-state index in [2.05, 4.69) is 0 Å². The van der Waals surface area contributed by atoms with Crippen molar-refractivity contribution in [3.8, 4) is 0 Å². The van der Waals surface area contributed by atoms with Gasteiger partial charge in [0.2, 0.25) is 5.91 Å². The van der Waals surface area contributed by atoms with E-state index in [4.69, 9.17) is 17.3 Å². The number of nitrogens with zero attached hydrogens (tertiary/aromatic N) is 3. The van der Waals surface area contributed by atoms with Crippen LogP contribution in [0.15, 0.2) is 92.4 Å². The van der Waals surface area contributed by atoms with Gasteiger partial charge < -0.3 is 10.0 Å². The molecule has 2 aromatic rings. The van der Waals surface area contributed by atoms with E-state index in [1.54, 1.807) is 0 Å². The second-order valence-corrected chi connectivity index (χ2v) is 11.3. The number of carbonyl (C=O) groups excluding carboxylic acids is 4. The SMILES string of the molecule is O=C(O)CCC(=O)N(CCN1C(=O)C=C(Sc2ccccc2)C1=O)CCN1C(=O)C=C(Sc2ccccc2)C1=S. The zero-order valence-corrected chi connectivity index (χ0v) is 23.7. The van der Waals surface area contributed by atoms with Crippen LogP contribution in [-0.2, 0) is 24.0 Å². The van der Waals surface area contributed by atoms with E-state index in [0.717, 1.165) is 14.7 Å². The van der Waals surface area contributed by atoms with Crippen molar-refractivity contribution in [2.45, 2.75) is 22.6 Å². The Hall–Kier alpha value is -3.74. The van der Waals surface area contributed by atoms with Crippen LogP contribution in [-0.4, -0.2) is 80.6 Å². The Morgan fingerprint density at radius 2 is 1.25 bits per heavy atom. The molecular formula is C28H25N3O6S3. The first-order chi connectivity index (χ1) is 19.2. The van der Waals surface area contributed by atoms with Gasteiger partial charge in [-0.2, -0.15) is 0 Å². The fourth-order valence-corrected chi connectivity index (χ4v) is 6.12. The summed E-state index contributed by atoms with van der Waals surface area (Å²) in [4.78, 5) is 68.9. The van der Waals surface area contributed by atoms with Gasteiger partial charge >= 0.3 is 5.97 Å². The molecule has 9 nitrogen and oxygen atoms in total. The molecule has 2 aromatic carbocycles. The van der Waals surface area contributed by atoms with E-state index in [-0.39, 0.29) is 49.8 Å². The minimum atomic E-state index is -1.12. The molecule has 0 radical (unpaired) electrons. The minimum absolute atomic E-state index is 0.0130. The van der Waals surface area contributed by atoms with E-state index in [9.17, 15) is 24.0 Å². The molecule has 2 aliphatic rings. The zero-order valence-electron chi connectivity index (χ0n) is 21.2. The molecule has 4 amide bonds. The topological polar surface area (TPSA) is 115 Å². The second kappa shape index (κ2) is 13.6. The quantitative estimate of drug-likeness (QED) is 0.274. The summed E-state index contributed by atoms with van der Waals surface area (Å²) < 4.78 is 0. The van der Waals surface area contributed by atoms with E-state index >= 15 is 0 Å². The van der Waals surface area contributed by atoms with Gasteiger partial charge in [0.1, 0.15) is 4.99 Å². The van der Waals surface area contributed by atoms with Gasteiger partial charge in [-0.3, -0.25) is 33.8 Å². The summed E-state index contributed by atoms with van der Waals surface area (Å²) in [5, 5.41) is 9.03. The molecule has 40 heavy (non-hydrogen) atoms. The maximum atomic E-state index is 12.9. The summed E-state index contributed by atoms with van der Waals surface area (Å²) in [6.07, 6.45) is 2.11. The average Bonchev–Trinajstić information content (AvgIpc) is 3.36. The Bertz CT molecular complexity index is 1300. The predicted molar refractivity (Wildman–Crippen MR) is 155 cm³/mol. The monoisotopic (exact) mass is 595 g/mol. The number of carboxylic acids is 1. The molecule has 2 heterocycles. The third kappa shape index (κ3) is 7.46. The minimum Gasteiger partial charge on any atom is -0.481 e. The highest BCUT2D eigenvalue weighted by Crippen LogP contribution is 2.32. The Balaban J connectivity index is 1.37. The van der Waals surface area contributed by atoms with Gasteiger partial charge in [0.05, 0.1) is 16.2 Å². The number of hydrogen-bond acceptors (Lipinski definition) is 8. The first-order valence-electron chi connectivity index (χ1n) is 12.3. The number of benzene rings is 2. The molecule has 206 valence electrons. The molecule has 12 heteroatoms. The van der Waals surface area contributed by atoms with Crippen molar-refractivity contribution in [3.63, 3.8) is 0 Å². The summed E-state index contributed by atoms with van der Waals surface area (Å²) in [6.45, 7) is 0.0519. The van der Waals surface area contributed by atoms with Crippen LogP contribution in [0.5, 0.6) is 0 Å². The van der Waals surface area contributed by atoms with Gasteiger partial charge in [0, 0.05) is 54.5 Å². The highest BCUT2D eigenvalue weighted by Gasteiger charge is 2.33. The normalized spacial score (nSPS) is 15.0. The van der Waals surface area contributed by atoms with Crippen molar-refractivity contribution in [3.05, 3.63) is 82.6 Å². The first kappa shape index (κ1) is 29.2. The fraction of sp³-hybridized carbons (Fsp3) is 0.214. The molecule has 0 aromatic heterocycles. The summed E-state index contributed by atoms with van der Waals surface area (Å²) >= 11 is 8.07. The maximum absolute atomic E-state index is 12.9. The number of thioether (sulfide) groups is 2. The Kier molecular flexibility index (Phi) is 9.91. The Morgan fingerprint density at radius 1 is 0.750 bits per heavy atom. The van der Waals surface area contributed by atoms with Gasteiger partial charge in [-0.25, -0.2) is 0 Å². The van der Waals surface area contributed by atoms with Crippen LogP contribution in [0.25, 0.3) is 0 Å². The molecule has 0 saturated carbocycles. The third-order valence-corrected chi connectivity index (χ3v) is 8.62. The number of carbonyl (C=O) groups is 5. The molecule has 1 N–H and O–H groups in total. The summed E-state index contributed by atoms with van der Waals surface area (Å²) in [5.41, 5.74) is 0. The van der Waals surface area contributed by atoms with E-state index in [1.165, 1.54) is 45.5 Å². The number of imide groups is 1. The molecule has 0 saturated heterocycles. The maximum Gasteiger partial charge on any atom is 0.303 e. The summed E-state index contributed by atoms with van der Waals surface area (Å²) in [5.74, 6) is -2.83. The average molecular weight is 596 g/mol. The van der Waals surface area contributed by atoms with Crippen molar-refractivity contribution in [2.75, 3.05) is 26.2 Å². The van der Waals surface area contributed by atoms with Crippen LogP contribution in [0.1, 0.15) is 12.8 Å². The molecule has 0 aliphatic carbocycles. The first-order valence-corrected chi connectivity index (χ1v) is 14.4. The van der Waals surface area contributed by atoms with Crippen molar-refractivity contribution < 1.29 is 29.1 Å². The number of carboxylic acid groups (broad SMARTS) is 1. The second-order valence-electron chi connectivity index (χ2n) is 8.71. The van der Waals surface area contributed by atoms with Crippen molar-refractivity contribution in [1.82, 2.24) is 14.7 Å². The van der Waals surface area contributed by atoms with Gasteiger partial charge in [0.25, 0.3) is 17.7 Å². The van der Waals surface area contributed by atoms with Gasteiger partial charge in [-0.05, 0) is 24.3 Å². The number of amides is 4. The molecule has 0 spiro atoms. The van der Waals surface area contributed by atoms with Crippen molar-refractivity contribution in [2.24, 2.45) is 0 Å². The van der Waals surface area contributed by atoms with Gasteiger partial charge in [-0.15, -0.1) is 0 Å². The third-order valence-electron chi connectivity index (χ3n) is 5.99. The smallest absolute Gasteiger partial charge is 0.303 e. The van der Waals surface area contributed by atoms with Crippen molar-refractivity contribution >= 4 is 70.3 Å². The molecule has 2 aliphatic heterocycles. The van der Waals surface area contributed by atoms with Crippen molar-refractivity contribution in [1.29, 1.82) is 0 Å². The number of aliphatic carboxylic acids is 1. The fourth-order valence-electron chi connectivity index (χ4n) is 3.95. The standard InChI is InChI=1S/C28H25N3O6S3/c32-23(11-12-26(35)36)29(13-15-30-24(33)17-21(27(30)37)39-19-7-3-1-4-8-19)14-16-31-25(34)18-22(28(31)38)40-20-9-5-2-6-10-20/h1-10,17-18H,11-16H2,(H,35,36). The molecule has 0 bridgehead atoms. The van der Waals surface area contributed by atoms with E-state index in [1.807, 2.05) is 60.7 Å². The molecule has 4 rings (SSSR count). The highest BCUT2D eigenvalue weighted by atomic mass is 32.2. The van der Waals surface area contributed by atoms with Gasteiger partial charge in [-0.1, -0.05) is 72.1 Å². The Morgan fingerprint density at radius 3 is 1.82 bits per heavy atom. The summed E-state index contributed by atoms with van der Waals surface area (Å²) in [6, 6.07) is 18.6. The number of hydrogen-bond donors (Lipinski definition) is 1. The molecule has 0 unspecified atom stereocenters. The zero-order chi connectivity index (χ0) is 28.6. The number of rotatable bonds is 13. The highest BCUT2D eigenvalue weighted by molar-refractivity contribution is 8.05. The number of thiocarbonyl (C=S) groups is 1. The largest absolute Gasteiger partial charge is 0.481 e.